The van der Waals surface area contributed by atoms with E-state index in [0.29, 0.717) is 16.7 Å². The van der Waals surface area contributed by atoms with Crippen molar-refractivity contribution in [1.82, 2.24) is 4.90 Å². The minimum Gasteiger partial charge on any atom is -0.343 e. The van der Waals surface area contributed by atoms with Gasteiger partial charge in [-0.15, -0.1) is 0 Å². The molecule has 5 fully saturated rings. The highest BCUT2D eigenvalue weighted by Crippen LogP contribution is 2.69. The van der Waals surface area contributed by atoms with Gasteiger partial charge in [0.25, 0.3) is 0 Å². The standard InChI is InChI=1S/C28H47NO/c1-4-20-19-22-24-13-12-21(9-7-11-26(30)29-17-8-18-29)27(24,2)16-14-25(22)28(3)15-6-5-10-23(20)28/h20-25H,4-19H2,1-3H3/t20-,21?,22?,23-,24?,25?,27+,28-/m0/s1. The Morgan fingerprint density at radius 1 is 0.900 bits per heavy atom. The van der Waals surface area contributed by atoms with Crippen molar-refractivity contribution >= 4 is 5.91 Å². The summed E-state index contributed by atoms with van der Waals surface area (Å²) in [5, 5.41) is 0. The van der Waals surface area contributed by atoms with Gasteiger partial charge in [-0.25, -0.2) is 0 Å². The second-order valence-electron chi connectivity index (χ2n) is 12.6. The minimum atomic E-state index is 0.430. The molecule has 4 saturated carbocycles. The number of carbonyl (C=O) groups is 1. The number of hydrogen-bond acceptors (Lipinski definition) is 1. The predicted octanol–water partition coefficient (Wildman–Crippen LogP) is 7.07. The van der Waals surface area contributed by atoms with E-state index in [4.69, 9.17) is 0 Å². The van der Waals surface area contributed by atoms with Crippen LogP contribution < -0.4 is 0 Å². The van der Waals surface area contributed by atoms with Gasteiger partial charge in [-0.3, -0.25) is 4.79 Å². The highest BCUT2D eigenvalue weighted by Gasteiger charge is 2.60. The van der Waals surface area contributed by atoms with Crippen molar-refractivity contribution < 1.29 is 4.79 Å². The molecule has 0 aromatic carbocycles. The van der Waals surface area contributed by atoms with Crippen molar-refractivity contribution in [2.75, 3.05) is 13.1 Å². The molecule has 1 heterocycles. The zero-order valence-electron chi connectivity index (χ0n) is 20.1. The van der Waals surface area contributed by atoms with Crippen LogP contribution in [-0.2, 0) is 4.79 Å². The Labute approximate surface area is 185 Å². The van der Waals surface area contributed by atoms with Crippen molar-refractivity contribution in [2.45, 2.75) is 111 Å². The summed E-state index contributed by atoms with van der Waals surface area (Å²) in [5.74, 6) is 6.31. The first kappa shape index (κ1) is 21.3. The van der Waals surface area contributed by atoms with E-state index in [1.165, 1.54) is 70.6 Å². The van der Waals surface area contributed by atoms with Crippen LogP contribution in [0.5, 0.6) is 0 Å². The van der Waals surface area contributed by atoms with Crippen molar-refractivity contribution in [1.29, 1.82) is 0 Å². The van der Waals surface area contributed by atoms with E-state index in [-0.39, 0.29) is 0 Å². The number of likely N-dealkylation sites (tertiary alicyclic amines) is 1. The third-order valence-corrected chi connectivity index (χ3v) is 11.6. The summed E-state index contributed by atoms with van der Waals surface area (Å²) in [5.41, 5.74) is 1.21. The maximum absolute atomic E-state index is 12.3. The third-order valence-electron chi connectivity index (χ3n) is 11.6. The van der Waals surface area contributed by atoms with Crippen molar-refractivity contribution in [3.8, 4) is 0 Å². The fourth-order valence-corrected chi connectivity index (χ4v) is 9.83. The van der Waals surface area contributed by atoms with Crippen LogP contribution in [0.25, 0.3) is 0 Å². The lowest BCUT2D eigenvalue weighted by atomic mass is 9.42. The molecule has 5 aliphatic rings. The Kier molecular flexibility index (Phi) is 5.76. The molecule has 4 aliphatic carbocycles. The molecular formula is C28H47NO. The number of amides is 1. The van der Waals surface area contributed by atoms with Crippen LogP contribution in [-0.4, -0.2) is 23.9 Å². The van der Waals surface area contributed by atoms with Gasteiger partial charge in [-0.05, 0) is 111 Å². The summed E-state index contributed by atoms with van der Waals surface area (Å²) < 4.78 is 0. The first-order valence-corrected chi connectivity index (χ1v) is 13.7. The van der Waals surface area contributed by atoms with Crippen LogP contribution in [0.4, 0.5) is 0 Å². The van der Waals surface area contributed by atoms with Gasteiger partial charge in [0.15, 0.2) is 0 Å². The normalized spacial score (nSPS) is 47.8. The number of carbonyl (C=O) groups excluding carboxylic acids is 1. The van der Waals surface area contributed by atoms with E-state index >= 15 is 0 Å². The fourth-order valence-electron chi connectivity index (χ4n) is 9.83. The minimum absolute atomic E-state index is 0.430. The van der Waals surface area contributed by atoms with Crippen LogP contribution in [0.1, 0.15) is 111 Å². The molecule has 2 heteroatoms. The van der Waals surface area contributed by atoms with Crippen molar-refractivity contribution in [2.24, 2.45) is 46.3 Å². The summed E-state index contributed by atoms with van der Waals surface area (Å²) >= 11 is 0. The molecule has 0 radical (unpaired) electrons. The summed E-state index contributed by atoms with van der Waals surface area (Å²) in [6.07, 6.45) is 19.3. The molecule has 170 valence electrons. The van der Waals surface area contributed by atoms with Crippen LogP contribution in [0.3, 0.4) is 0 Å². The van der Waals surface area contributed by atoms with Crippen LogP contribution in [0.15, 0.2) is 0 Å². The highest BCUT2D eigenvalue weighted by molar-refractivity contribution is 5.76. The van der Waals surface area contributed by atoms with Crippen LogP contribution >= 0.6 is 0 Å². The number of fused-ring (bicyclic) bond motifs is 5. The van der Waals surface area contributed by atoms with Gasteiger partial charge >= 0.3 is 0 Å². The first-order valence-electron chi connectivity index (χ1n) is 13.7. The van der Waals surface area contributed by atoms with E-state index in [9.17, 15) is 4.79 Å². The van der Waals surface area contributed by atoms with E-state index in [1.807, 2.05) is 0 Å². The zero-order chi connectivity index (χ0) is 20.9. The zero-order valence-corrected chi connectivity index (χ0v) is 20.1. The molecule has 1 amide bonds. The molecule has 0 aromatic rings. The monoisotopic (exact) mass is 413 g/mol. The topological polar surface area (TPSA) is 20.3 Å². The molecule has 0 aromatic heterocycles. The lowest BCUT2D eigenvalue weighted by molar-refractivity contribution is -0.137. The van der Waals surface area contributed by atoms with E-state index < -0.39 is 0 Å². The summed E-state index contributed by atoms with van der Waals surface area (Å²) in [6, 6.07) is 0. The third kappa shape index (κ3) is 3.29. The van der Waals surface area contributed by atoms with Gasteiger partial charge in [0.05, 0.1) is 0 Å². The average Bonchev–Trinajstić information content (AvgIpc) is 3.02. The molecule has 0 N–H and O–H groups in total. The second-order valence-corrected chi connectivity index (χ2v) is 12.6. The maximum atomic E-state index is 12.3. The quantitative estimate of drug-likeness (QED) is 0.472. The molecular weight excluding hydrogens is 366 g/mol. The number of hydrogen-bond donors (Lipinski definition) is 0. The number of rotatable bonds is 5. The highest BCUT2D eigenvalue weighted by atomic mass is 16.2. The summed E-state index contributed by atoms with van der Waals surface area (Å²) in [4.78, 5) is 14.4. The Morgan fingerprint density at radius 3 is 2.43 bits per heavy atom. The fraction of sp³-hybridized carbons (Fsp3) is 0.964. The Balaban J connectivity index is 1.27. The maximum Gasteiger partial charge on any atom is 0.222 e. The molecule has 0 spiro atoms. The molecule has 2 nitrogen and oxygen atoms in total. The van der Waals surface area contributed by atoms with Gasteiger partial charge in [0.2, 0.25) is 5.91 Å². The first-order chi connectivity index (χ1) is 14.5. The predicted molar refractivity (Wildman–Crippen MR) is 124 cm³/mol. The van der Waals surface area contributed by atoms with Crippen molar-refractivity contribution in [3.05, 3.63) is 0 Å². The molecule has 30 heavy (non-hydrogen) atoms. The van der Waals surface area contributed by atoms with Gasteiger partial charge in [-0.2, -0.15) is 0 Å². The van der Waals surface area contributed by atoms with Gasteiger partial charge < -0.3 is 4.90 Å². The molecule has 4 unspecified atom stereocenters. The van der Waals surface area contributed by atoms with Crippen molar-refractivity contribution in [3.63, 3.8) is 0 Å². The smallest absolute Gasteiger partial charge is 0.222 e. The summed E-state index contributed by atoms with van der Waals surface area (Å²) in [7, 11) is 0. The molecule has 1 saturated heterocycles. The lowest BCUT2D eigenvalue weighted by Crippen LogP contribution is -2.55. The van der Waals surface area contributed by atoms with Gasteiger partial charge in [-0.1, -0.05) is 40.0 Å². The van der Waals surface area contributed by atoms with Crippen LogP contribution in [0.2, 0.25) is 0 Å². The lowest BCUT2D eigenvalue weighted by Gasteiger charge is -2.62. The van der Waals surface area contributed by atoms with E-state index in [2.05, 4.69) is 25.7 Å². The van der Waals surface area contributed by atoms with E-state index in [1.54, 1.807) is 6.42 Å². The number of nitrogens with zero attached hydrogens (tertiary/aromatic N) is 1. The molecule has 0 bridgehead atoms. The van der Waals surface area contributed by atoms with Gasteiger partial charge in [0, 0.05) is 19.5 Å². The second kappa shape index (κ2) is 8.11. The van der Waals surface area contributed by atoms with Gasteiger partial charge in [0.1, 0.15) is 0 Å². The summed E-state index contributed by atoms with van der Waals surface area (Å²) in [6.45, 7) is 9.92. The molecule has 5 rings (SSSR count). The SMILES string of the molecule is CC[C@H]1CC2C3CCC(CCCC(=O)N4CCC4)[C@@]3(C)CCC2[C@@]2(C)CCCC[C@@H]12. The average molecular weight is 414 g/mol. The Bertz CT molecular complexity index is 641. The Hall–Kier alpha value is -0.530. The van der Waals surface area contributed by atoms with E-state index in [0.717, 1.165) is 61.4 Å². The largest absolute Gasteiger partial charge is 0.343 e. The molecule has 1 aliphatic heterocycles. The molecule has 8 atom stereocenters. The Morgan fingerprint density at radius 2 is 1.70 bits per heavy atom. The van der Waals surface area contributed by atoms with Crippen LogP contribution in [0, 0.1) is 46.3 Å².